The molecule has 0 spiro atoms. The first kappa shape index (κ1) is 25.0. The summed E-state index contributed by atoms with van der Waals surface area (Å²) in [5.41, 5.74) is 2.98. The molecular formula is C24H33FN4O3. The third-order valence-electron chi connectivity index (χ3n) is 4.72. The monoisotopic (exact) mass is 444 g/mol. The van der Waals surface area contributed by atoms with Crippen LogP contribution in [0, 0.1) is 12.7 Å². The number of nitrogens with zero attached hydrogens (tertiary/aromatic N) is 1. The summed E-state index contributed by atoms with van der Waals surface area (Å²) in [4.78, 5) is 16.2. The van der Waals surface area contributed by atoms with Crippen molar-refractivity contribution < 1.29 is 18.7 Å². The summed E-state index contributed by atoms with van der Waals surface area (Å²) in [7, 11) is 1.56. The van der Waals surface area contributed by atoms with E-state index in [0.717, 1.165) is 29.7 Å². The van der Waals surface area contributed by atoms with Crippen LogP contribution < -0.4 is 25.4 Å². The first-order valence-corrected chi connectivity index (χ1v) is 10.8. The van der Waals surface area contributed by atoms with E-state index >= 15 is 0 Å². The molecule has 8 heteroatoms. The highest BCUT2D eigenvalue weighted by atomic mass is 19.1. The SMILES string of the molecule is CCNC(=O)COc1ccc(CN=C(NCC)NCCc2ccc(F)cc2C)cc1OC. The van der Waals surface area contributed by atoms with Crippen molar-refractivity contribution in [1.29, 1.82) is 0 Å². The Balaban J connectivity index is 1.96. The number of aryl methyl sites for hydroxylation is 1. The van der Waals surface area contributed by atoms with Crippen LogP contribution in [0.1, 0.15) is 30.5 Å². The zero-order chi connectivity index (χ0) is 23.3. The summed E-state index contributed by atoms with van der Waals surface area (Å²) in [6.07, 6.45) is 0.766. The van der Waals surface area contributed by atoms with Gasteiger partial charge in [-0.05, 0) is 68.1 Å². The Labute approximate surface area is 189 Å². The number of carbonyl (C=O) groups excluding carboxylic acids is 1. The summed E-state index contributed by atoms with van der Waals surface area (Å²) in [5, 5.41) is 9.23. The number of nitrogens with one attached hydrogen (secondary N) is 3. The Kier molecular flexibility index (Phi) is 10.3. The number of ether oxygens (including phenoxy) is 2. The summed E-state index contributed by atoms with van der Waals surface area (Å²) in [6.45, 7) is 8.11. The van der Waals surface area contributed by atoms with Gasteiger partial charge in [-0.3, -0.25) is 4.79 Å². The first-order chi connectivity index (χ1) is 15.5. The van der Waals surface area contributed by atoms with E-state index in [0.29, 0.717) is 37.1 Å². The molecule has 0 aromatic heterocycles. The number of carbonyl (C=O) groups is 1. The number of benzene rings is 2. The standard InChI is InChI=1S/C24H33FN4O3/c1-5-26-23(30)16-32-21-10-7-18(14-22(21)31-4)15-29-24(27-6-2)28-12-11-19-8-9-20(25)13-17(19)3/h7-10,13-14H,5-6,11-12,15-16H2,1-4H3,(H,26,30)(H2,27,28,29). The van der Waals surface area contributed by atoms with Gasteiger partial charge in [0.15, 0.2) is 24.1 Å². The summed E-state index contributed by atoms with van der Waals surface area (Å²) in [5.74, 6) is 1.35. The number of halogens is 1. The van der Waals surface area contributed by atoms with Crippen LogP contribution in [0.5, 0.6) is 11.5 Å². The minimum atomic E-state index is -0.217. The van der Waals surface area contributed by atoms with E-state index in [4.69, 9.17) is 9.47 Å². The summed E-state index contributed by atoms with van der Waals surface area (Å²) in [6, 6.07) is 10.4. The second-order valence-corrected chi connectivity index (χ2v) is 7.17. The highest BCUT2D eigenvalue weighted by molar-refractivity contribution is 5.79. The molecule has 0 saturated carbocycles. The molecule has 0 bridgehead atoms. The second-order valence-electron chi connectivity index (χ2n) is 7.17. The molecule has 0 heterocycles. The Morgan fingerprint density at radius 2 is 1.81 bits per heavy atom. The molecule has 0 saturated heterocycles. The second kappa shape index (κ2) is 13.2. The van der Waals surface area contributed by atoms with Gasteiger partial charge in [0, 0.05) is 19.6 Å². The number of guanidine groups is 1. The maximum Gasteiger partial charge on any atom is 0.257 e. The molecule has 32 heavy (non-hydrogen) atoms. The van der Waals surface area contributed by atoms with Gasteiger partial charge in [-0.1, -0.05) is 12.1 Å². The van der Waals surface area contributed by atoms with Gasteiger partial charge in [0.05, 0.1) is 13.7 Å². The maximum atomic E-state index is 13.3. The van der Waals surface area contributed by atoms with E-state index in [1.807, 2.05) is 39.0 Å². The lowest BCUT2D eigenvalue weighted by Gasteiger charge is -2.13. The minimum Gasteiger partial charge on any atom is -0.493 e. The number of likely N-dealkylation sites (N-methyl/N-ethyl adjacent to an activating group) is 1. The molecule has 174 valence electrons. The van der Waals surface area contributed by atoms with Crippen LogP contribution in [0.15, 0.2) is 41.4 Å². The normalized spacial score (nSPS) is 11.1. The van der Waals surface area contributed by atoms with Crippen LogP contribution in [0.2, 0.25) is 0 Å². The molecule has 3 N–H and O–H groups in total. The Bertz CT molecular complexity index is 918. The number of methoxy groups -OCH3 is 1. The molecule has 0 unspecified atom stereocenters. The van der Waals surface area contributed by atoms with Crippen molar-refractivity contribution >= 4 is 11.9 Å². The average Bonchev–Trinajstić information content (AvgIpc) is 2.77. The van der Waals surface area contributed by atoms with E-state index in [-0.39, 0.29) is 18.3 Å². The molecule has 2 aromatic carbocycles. The Morgan fingerprint density at radius 1 is 1.03 bits per heavy atom. The number of hydrogen-bond donors (Lipinski definition) is 3. The lowest BCUT2D eigenvalue weighted by Crippen LogP contribution is -2.38. The topological polar surface area (TPSA) is 84.0 Å². The van der Waals surface area contributed by atoms with Crippen molar-refractivity contribution in [2.24, 2.45) is 4.99 Å². The molecule has 2 rings (SSSR count). The summed E-state index contributed by atoms with van der Waals surface area (Å²) < 4.78 is 24.2. The molecule has 0 fully saturated rings. The molecular weight excluding hydrogens is 411 g/mol. The van der Waals surface area contributed by atoms with Crippen molar-refractivity contribution in [3.8, 4) is 11.5 Å². The Hall–Kier alpha value is -3.29. The van der Waals surface area contributed by atoms with Crippen LogP contribution >= 0.6 is 0 Å². The van der Waals surface area contributed by atoms with E-state index in [1.54, 1.807) is 19.2 Å². The van der Waals surface area contributed by atoms with E-state index in [9.17, 15) is 9.18 Å². The molecule has 0 aliphatic heterocycles. The smallest absolute Gasteiger partial charge is 0.257 e. The molecule has 0 atom stereocenters. The van der Waals surface area contributed by atoms with Gasteiger partial charge in [-0.15, -0.1) is 0 Å². The van der Waals surface area contributed by atoms with Crippen molar-refractivity contribution in [3.63, 3.8) is 0 Å². The zero-order valence-electron chi connectivity index (χ0n) is 19.3. The lowest BCUT2D eigenvalue weighted by atomic mass is 10.1. The zero-order valence-corrected chi connectivity index (χ0v) is 19.3. The number of amides is 1. The average molecular weight is 445 g/mol. The Morgan fingerprint density at radius 3 is 2.50 bits per heavy atom. The third kappa shape index (κ3) is 8.09. The first-order valence-electron chi connectivity index (χ1n) is 10.8. The predicted octanol–water partition coefficient (Wildman–Crippen LogP) is 2.96. The lowest BCUT2D eigenvalue weighted by molar-refractivity contribution is -0.123. The van der Waals surface area contributed by atoms with E-state index in [1.165, 1.54) is 6.07 Å². The van der Waals surface area contributed by atoms with Gasteiger partial charge >= 0.3 is 0 Å². The number of hydrogen-bond acceptors (Lipinski definition) is 4. The highest BCUT2D eigenvalue weighted by Gasteiger charge is 2.09. The highest BCUT2D eigenvalue weighted by Crippen LogP contribution is 2.28. The molecule has 7 nitrogen and oxygen atoms in total. The van der Waals surface area contributed by atoms with E-state index in [2.05, 4.69) is 20.9 Å². The molecule has 0 aliphatic rings. The fourth-order valence-corrected chi connectivity index (χ4v) is 3.09. The van der Waals surface area contributed by atoms with Gasteiger partial charge in [0.2, 0.25) is 0 Å². The third-order valence-corrected chi connectivity index (χ3v) is 4.72. The molecule has 2 aromatic rings. The maximum absolute atomic E-state index is 13.3. The van der Waals surface area contributed by atoms with E-state index < -0.39 is 0 Å². The van der Waals surface area contributed by atoms with Crippen molar-refractivity contribution in [2.45, 2.75) is 33.7 Å². The van der Waals surface area contributed by atoms with Crippen LogP contribution in [0.25, 0.3) is 0 Å². The molecule has 0 radical (unpaired) electrons. The van der Waals surface area contributed by atoms with Crippen LogP contribution in [-0.2, 0) is 17.8 Å². The largest absolute Gasteiger partial charge is 0.493 e. The van der Waals surface area contributed by atoms with Gasteiger partial charge < -0.3 is 25.4 Å². The van der Waals surface area contributed by atoms with Crippen LogP contribution in [-0.4, -0.2) is 45.2 Å². The van der Waals surface area contributed by atoms with Gasteiger partial charge in [0.1, 0.15) is 5.82 Å². The van der Waals surface area contributed by atoms with Crippen molar-refractivity contribution in [2.75, 3.05) is 33.4 Å². The van der Waals surface area contributed by atoms with Crippen molar-refractivity contribution in [3.05, 3.63) is 58.9 Å². The number of aliphatic imine (C=N–C) groups is 1. The van der Waals surface area contributed by atoms with Crippen molar-refractivity contribution in [1.82, 2.24) is 16.0 Å². The quantitative estimate of drug-likeness (QED) is 0.367. The number of rotatable bonds is 11. The summed E-state index contributed by atoms with van der Waals surface area (Å²) >= 11 is 0. The minimum absolute atomic E-state index is 0.0658. The van der Waals surface area contributed by atoms with Gasteiger partial charge in [-0.2, -0.15) is 0 Å². The predicted molar refractivity (Wildman–Crippen MR) is 125 cm³/mol. The molecule has 1 amide bonds. The van der Waals surface area contributed by atoms with Crippen LogP contribution in [0.4, 0.5) is 4.39 Å². The fourth-order valence-electron chi connectivity index (χ4n) is 3.09. The molecule has 0 aliphatic carbocycles. The van der Waals surface area contributed by atoms with Gasteiger partial charge in [-0.25, -0.2) is 9.38 Å². The van der Waals surface area contributed by atoms with Crippen LogP contribution in [0.3, 0.4) is 0 Å². The van der Waals surface area contributed by atoms with Gasteiger partial charge in [0.25, 0.3) is 5.91 Å². The fraction of sp³-hybridized carbons (Fsp3) is 0.417.